The van der Waals surface area contributed by atoms with Crippen LogP contribution in [0.2, 0.25) is 0 Å². The van der Waals surface area contributed by atoms with Gasteiger partial charge in [0.2, 0.25) is 0 Å². The molecule has 0 saturated carbocycles. The highest BCUT2D eigenvalue weighted by Gasteiger charge is 2.15. The second kappa shape index (κ2) is 5.66. The van der Waals surface area contributed by atoms with E-state index in [1.165, 1.54) is 24.5 Å². The molecule has 0 atom stereocenters. The van der Waals surface area contributed by atoms with E-state index in [0.717, 1.165) is 10.7 Å². The van der Waals surface area contributed by atoms with Crippen LogP contribution in [0.1, 0.15) is 10.7 Å². The van der Waals surface area contributed by atoms with Gasteiger partial charge in [0, 0.05) is 11.1 Å². The number of hydrogen-bond donors (Lipinski definition) is 1. The SMILES string of the molecule is COc1ccc(NCc2nc(C)cs2)c([N+](=O)[O-])c1. The van der Waals surface area contributed by atoms with Crippen LogP contribution in [0.15, 0.2) is 23.6 Å². The second-order valence-electron chi connectivity index (χ2n) is 3.88. The van der Waals surface area contributed by atoms with Gasteiger partial charge in [-0.25, -0.2) is 4.98 Å². The summed E-state index contributed by atoms with van der Waals surface area (Å²) in [7, 11) is 1.48. The van der Waals surface area contributed by atoms with Gasteiger partial charge in [0.1, 0.15) is 16.4 Å². The molecule has 1 heterocycles. The van der Waals surface area contributed by atoms with Gasteiger partial charge in [-0.3, -0.25) is 10.1 Å². The molecule has 2 aromatic rings. The number of aromatic nitrogens is 1. The molecule has 0 unspecified atom stereocenters. The molecular formula is C12H13N3O3S. The first-order chi connectivity index (χ1) is 9.10. The molecule has 2 rings (SSSR count). The zero-order valence-electron chi connectivity index (χ0n) is 10.5. The lowest BCUT2D eigenvalue weighted by atomic mass is 10.2. The molecule has 0 spiro atoms. The summed E-state index contributed by atoms with van der Waals surface area (Å²) in [6, 6.07) is 4.72. The van der Waals surface area contributed by atoms with Gasteiger partial charge < -0.3 is 10.1 Å². The average molecular weight is 279 g/mol. The van der Waals surface area contributed by atoms with Crippen LogP contribution in [-0.2, 0) is 6.54 Å². The fourth-order valence-corrected chi connectivity index (χ4v) is 2.31. The number of nitrogens with one attached hydrogen (secondary N) is 1. The predicted octanol–water partition coefficient (Wildman–Crippen LogP) is 2.98. The van der Waals surface area contributed by atoms with Gasteiger partial charge in [0.25, 0.3) is 5.69 Å². The first-order valence-electron chi connectivity index (χ1n) is 5.57. The summed E-state index contributed by atoms with van der Waals surface area (Å²) in [6.45, 7) is 2.38. The maximum atomic E-state index is 11.0. The van der Waals surface area contributed by atoms with Gasteiger partial charge in [-0.1, -0.05) is 0 Å². The molecule has 0 bridgehead atoms. The van der Waals surface area contributed by atoms with Crippen LogP contribution in [-0.4, -0.2) is 17.0 Å². The Bertz CT molecular complexity index is 598. The third-order valence-corrected chi connectivity index (χ3v) is 3.46. The van der Waals surface area contributed by atoms with Crippen molar-refractivity contribution in [2.45, 2.75) is 13.5 Å². The van der Waals surface area contributed by atoms with Crippen molar-refractivity contribution in [2.24, 2.45) is 0 Å². The van der Waals surface area contributed by atoms with E-state index in [-0.39, 0.29) is 5.69 Å². The monoisotopic (exact) mass is 279 g/mol. The highest BCUT2D eigenvalue weighted by molar-refractivity contribution is 7.09. The molecule has 100 valence electrons. The number of hydrogen-bond acceptors (Lipinski definition) is 6. The molecule has 0 radical (unpaired) electrons. The highest BCUT2D eigenvalue weighted by Crippen LogP contribution is 2.29. The van der Waals surface area contributed by atoms with Gasteiger partial charge in [-0.15, -0.1) is 11.3 Å². The van der Waals surface area contributed by atoms with E-state index in [0.29, 0.717) is 18.0 Å². The van der Waals surface area contributed by atoms with Crippen LogP contribution in [0.4, 0.5) is 11.4 Å². The summed E-state index contributed by atoms with van der Waals surface area (Å²) in [5, 5.41) is 16.9. The van der Waals surface area contributed by atoms with Crippen LogP contribution >= 0.6 is 11.3 Å². The highest BCUT2D eigenvalue weighted by atomic mass is 32.1. The number of aryl methyl sites for hydroxylation is 1. The molecule has 0 saturated heterocycles. The van der Waals surface area contributed by atoms with Gasteiger partial charge >= 0.3 is 0 Å². The fraction of sp³-hybridized carbons (Fsp3) is 0.250. The molecular weight excluding hydrogens is 266 g/mol. The average Bonchev–Trinajstić information content (AvgIpc) is 2.82. The number of ether oxygens (including phenoxy) is 1. The van der Waals surface area contributed by atoms with Crippen LogP contribution in [0.5, 0.6) is 5.75 Å². The number of benzene rings is 1. The largest absolute Gasteiger partial charge is 0.496 e. The molecule has 0 aliphatic heterocycles. The number of anilines is 1. The van der Waals surface area contributed by atoms with Crippen molar-refractivity contribution < 1.29 is 9.66 Å². The Labute approximate surface area is 114 Å². The van der Waals surface area contributed by atoms with E-state index in [9.17, 15) is 10.1 Å². The molecule has 7 heteroatoms. The number of nitro groups is 1. The first kappa shape index (κ1) is 13.3. The first-order valence-corrected chi connectivity index (χ1v) is 6.45. The van der Waals surface area contributed by atoms with E-state index in [2.05, 4.69) is 10.3 Å². The Hall–Kier alpha value is -2.15. The van der Waals surface area contributed by atoms with Crippen LogP contribution in [0.3, 0.4) is 0 Å². The van der Waals surface area contributed by atoms with Crippen molar-refractivity contribution in [3.8, 4) is 5.75 Å². The molecule has 0 aliphatic carbocycles. The molecule has 0 aliphatic rings. The van der Waals surface area contributed by atoms with Gasteiger partial charge in [0.05, 0.1) is 24.6 Å². The second-order valence-corrected chi connectivity index (χ2v) is 4.82. The summed E-state index contributed by atoms with van der Waals surface area (Å²) in [5.74, 6) is 0.461. The van der Waals surface area contributed by atoms with Crippen molar-refractivity contribution in [2.75, 3.05) is 12.4 Å². The molecule has 1 aromatic carbocycles. The summed E-state index contributed by atoms with van der Waals surface area (Å²) >= 11 is 1.52. The Kier molecular flexibility index (Phi) is 3.96. The summed E-state index contributed by atoms with van der Waals surface area (Å²) in [4.78, 5) is 14.9. The fourth-order valence-electron chi connectivity index (χ4n) is 1.59. The Morgan fingerprint density at radius 1 is 1.53 bits per heavy atom. The van der Waals surface area contributed by atoms with Crippen molar-refractivity contribution in [3.05, 3.63) is 44.4 Å². The quantitative estimate of drug-likeness (QED) is 0.672. The van der Waals surface area contributed by atoms with Gasteiger partial charge in [-0.05, 0) is 19.1 Å². The Morgan fingerprint density at radius 2 is 2.32 bits per heavy atom. The van der Waals surface area contributed by atoms with Crippen molar-refractivity contribution in [3.63, 3.8) is 0 Å². The minimum atomic E-state index is -0.433. The summed E-state index contributed by atoms with van der Waals surface area (Å²) in [5.41, 5.74) is 1.40. The van der Waals surface area contributed by atoms with Gasteiger partial charge in [0.15, 0.2) is 0 Å². The smallest absolute Gasteiger partial charge is 0.296 e. The minimum absolute atomic E-state index is 0.00683. The lowest BCUT2D eigenvalue weighted by Gasteiger charge is -2.07. The van der Waals surface area contributed by atoms with Crippen molar-refractivity contribution in [1.82, 2.24) is 4.98 Å². The molecule has 6 nitrogen and oxygen atoms in total. The van der Waals surface area contributed by atoms with Gasteiger partial charge in [-0.2, -0.15) is 0 Å². The summed E-state index contributed by atoms with van der Waals surface area (Å²) < 4.78 is 4.98. The Morgan fingerprint density at radius 3 is 2.89 bits per heavy atom. The van der Waals surface area contributed by atoms with Crippen LogP contribution < -0.4 is 10.1 Å². The number of thiazole rings is 1. The van der Waals surface area contributed by atoms with E-state index in [1.54, 1.807) is 12.1 Å². The lowest BCUT2D eigenvalue weighted by Crippen LogP contribution is -2.02. The lowest BCUT2D eigenvalue weighted by molar-refractivity contribution is -0.384. The number of nitrogens with zero attached hydrogens (tertiary/aromatic N) is 2. The normalized spacial score (nSPS) is 10.2. The standard InChI is InChI=1S/C12H13N3O3S/c1-8-7-19-12(14-8)6-13-10-4-3-9(18-2)5-11(10)15(16)17/h3-5,7,13H,6H2,1-2H3. The predicted molar refractivity (Wildman–Crippen MR) is 73.8 cm³/mol. The van der Waals surface area contributed by atoms with Crippen LogP contribution in [0, 0.1) is 17.0 Å². The molecule has 19 heavy (non-hydrogen) atoms. The zero-order chi connectivity index (χ0) is 13.8. The number of nitro benzene ring substituents is 1. The van der Waals surface area contributed by atoms with Crippen LogP contribution in [0.25, 0.3) is 0 Å². The maximum absolute atomic E-state index is 11.0. The molecule has 1 aromatic heterocycles. The van der Waals surface area contributed by atoms with Crippen molar-refractivity contribution >= 4 is 22.7 Å². The van der Waals surface area contributed by atoms with E-state index in [4.69, 9.17) is 4.74 Å². The van der Waals surface area contributed by atoms with E-state index in [1.807, 2.05) is 12.3 Å². The third kappa shape index (κ3) is 3.19. The number of methoxy groups -OCH3 is 1. The number of rotatable bonds is 5. The topological polar surface area (TPSA) is 77.3 Å². The minimum Gasteiger partial charge on any atom is -0.496 e. The molecule has 1 N–H and O–H groups in total. The maximum Gasteiger partial charge on any atom is 0.296 e. The van der Waals surface area contributed by atoms with Crippen molar-refractivity contribution in [1.29, 1.82) is 0 Å². The third-order valence-electron chi connectivity index (χ3n) is 2.50. The Balaban J connectivity index is 2.17. The molecule has 0 fully saturated rings. The summed E-state index contributed by atoms with van der Waals surface area (Å²) in [6.07, 6.45) is 0. The molecule has 0 amide bonds. The van der Waals surface area contributed by atoms with E-state index < -0.39 is 4.92 Å². The zero-order valence-corrected chi connectivity index (χ0v) is 11.4. The van der Waals surface area contributed by atoms with E-state index >= 15 is 0 Å².